The van der Waals surface area contributed by atoms with Crippen molar-refractivity contribution < 1.29 is 38.4 Å². The van der Waals surface area contributed by atoms with Gasteiger partial charge in [0.2, 0.25) is 5.79 Å². The molecule has 3 saturated carbocycles. The van der Waals surface area contributed by atoms with E-state index in [4.69, 9.17) is 18.9 Å². The van der Waals surface area contributed by atoms with E-state index >= 15 is 0 Å². The van der Waals surface area contributed by atoms with E-state index in [9.17, 15) is 19.5 Å². The zero-order chi connectivity index (χ0) is 24.5. The Hall–Kier alpha value is -1.93. The molecule has 8 nitrogen and oxygen atoms in total. The van der Waals surface area contributed by atoms with Crippen molar-refractivity contribution in [3.8, 4) is 0 Å². The number of rotatable bonds is 3. The third-order valence-corrected chi connectivity index (χ3v) is 9.13. The molecule has 184 valence electrons. The van der Waals surface area contributed by atoms with Crippen LogP contribution in [0.2, 0.25) is 0 Å². The third-order valence-electron chi connectivity index (χ3n) is 9.13. The van der Waals surface area contributed by atoms with Crippen molar-refractivity contribution in [3.05, 3.63) is 11.6 Å². The Labute approximate surface area is 195 Å². The fourth-order valence-electron chi connectivity index (χ4n) is 7.95. The molecule has 1 heterocycles. The van der Waals surface area contributed by atoms with Crippen LogP contribution in [0.3, 0.4) is 0 Å². The van der Waals surface area contributed by atoms with Gasteiger partial charge in [0.1, 0.15) is 12.2 Å². The average Bonchev–Trinajstić information content (AvgIpc) is 3.04. The zero-order valence-electron chi connectivity index (χ0n) is 20.5. The van der Waals surface area contributed by atoms with E-state index in [1.165, 1.54) is 19.9 Å². The molecule has 4 aliphatic rings. The first-order valence-corrected chi connectivity index (χ1v) is 11.8. The number of hydrogen-bond donors (Lipinski definition) is 1. The molecule has 4 rings (SSSR count). The second-order valence-corrected chi connectivity index (χ2v) is 11.2. The lowest BCUT2D eigenvalue weighted by molar-refractivity contribution is -0.280. The maximum atomic E-state index is 12.3. The predicted octanol–water partition coefficient (Wildman–Crippen LogP) is 2.76. The summed E-state index contributed by atoms with van der Waals surface area (Å²) in [7, 11) is 1.54. The van der Waals surface area contributed by atoms with Crippen molar-refractivity contribution in [2.24, 2.45) is 34.5 Å². The Balaban J connectivity index is 1.84. The van der Waals surface area contributed by atoms with Gasteiger partial charge in [-0.1, -0.05) is 27.7 Å². The largest absolute Gasteiger partial charge is 0.462 e. The topological polar surface area (TPSA) is 108 Å². The van der Waals surface area contributed by atoms with Crippen molar-refractivity contribution in [2.45, 2.75) is 84.9 Å². The molecule has 33 heavy (non-hydrogen) atoms. The summed E-state index contributed by atoms with van der Waals surface area (Å²) in [5, 5.41) is 11.7. The highest BCUT2D eigenvalue weighted by Gasteiger charge is 2.70. The maximum absolute atomic E-state index is 12.3. The van der Waals surface area contributed by atoms with Crippen molar-refractivity contribution in [1.29, 1.82) is 0 Å². The lowest BCUT2D eigenvalue weighted by Gasteiger charge is -2.66. The highest BCUT2D eigenvalue weighted by atomic mass is 16.7. The van der Waals surface area contributed by atoms with E-state index in [-0.39, 0.29) is 41.2 Å². The fraction of sp³-hybridized carbons (Fsp3) is 0.800. The van der Waals surface area contributed by atoms with Gasteiger partial charge < -0.3 is 24.1 Å². The van der Waals surface area contributed by atoms with E-state index in [2.05, 4.69) is 6.92 Å². The monoisotopic (exact) mass is 464 g/mol. The molecule has 0 aromatic carbocycles. The number of ether oxygens (including phenoxy) is 4. The van der Waals surface area contributed by atoms with Crippen LogP contribution in [0, 0.1) is 34.5 Å². The second kappa shape index (κ2) is 7.80. The molecule has 0 saturated heterocycles. The molecule has 3 fully saturated rings. The quantitative estimate of drug-likeness (QED) is 0.502. The molecule has 0 spiro atoms. The van der Waals surface area contributed by atoms with Crippen LogP contribution in [0.25, 0.3) is 0 Å². The lowest BCUT2D eigenvalue weighted by Crippen LogP contribution is -2.70. The molecule has 1 aliphatic heterocycles. The predicted molar refractivity (Wildman–Crippen MR) is 116 cm³/mol. The van der Waals surface area contributed by atoms with Gasteiger partial charge in [-0.3, -0.25) is 9.59 Å². The van der Waals surface area contributed by atoms with Crippen LogP contribution in [0.15, 0.2) is 11.6 Å². The Morgan fingerprint density at radius 1 is 1.15 bits per heavy atom. The molecular formula is C25H36O8. The smallest absolute Gasteiger partial charge is 0.333 e. The number of carbonyl (C=O) groups is 3. The molecule has 0 bridgehead atoms. The molecule has 0 aromatic rings. The summed E-state index contributed by atoms with van der Waals surface area (Å²) in [6, 6.07) is 0. The number of carbonyl (C=O) groups excluding carboxylic acids is 3. The van der Waals surface area contributed by atoms with Gasteiger partial charge in [0.25, 0.3) is 0 Å². The minimum atomic E-state index is -1.14. The van der Waals surface area contributed by atoms with Crippen LogP contribution in [0.1, 0.15) is 60.8 Å². The SMILES string of the molecule is CO[C@]12C[C@@H]3[C@@H]([C@H](O)[C@H](OC(C)=O)[C@@H]4C(C)(C)[C@H](OC(C)=O)CC[C@]34C)[C@H](C)C1=CC(=O)O2. The summed E-state index contributed by atoms with van der Waals surface area (Å²) < 4.78 is 23.1. The van der Waals surface area contributed by atoms with Crippen LogP contribution < -0.4 is 0 Å². The number of hydrogen-bond acceptors (Lipinski definition) is 8. The summed E-state index contributed by atoms with van der Waals surface area (Å²) in [6.07, 6.45) is 1.18. The molecule has 9 atom stereocenters. The minimum absolute atomic E-state index is 0.0696. The van der Waals surface area contributed by atoms with E-state index in [1.54, 1.807) is 7.11 Å². The number of esters is 3. The normalized spacial score (nSPS) is 45.6. The molecule has 8 heteroatoms. The Morgan fingerprint density at radius 3 is 2.36 bits per heavy atom. The highest BCUT2D eigenvalue weighted by molar-refractivity contribution is 5.86. The van der Waals surface area contributed by atoms with Gasteiger partial charge in [-0.2, -0.15) is 0 Å². The van der Waals surface area contributed by atoms with Crippen LogP contribution >= 0.6 is 0 Å². The maximum Gasteiger partial charge on any atom is 0.333 e. The van der Waals surface area contributed by atoms with Gasteiger partial charge >= 0.3 is 17.9 Å². The van der Waals surface area contributed by atoms with Crippen LogP contribution in [-0.4, -0.2) is 54.2 Å². The molecule has 0 unspecified atom stereocenters. The van der Waals surface area contributed by atoms with E-state index in [0.29, 0.717) is 19.3 Å². The van der Waals surface area contributed by atoms with E-state index in [1.807, 2.05) is 20.8 Å². The van der Waals surface area contributed by atoms with Crippen LogP contribution in [-0.2, 0) is 33.3 Å². The van der Waals surface area contributed by atoms with Crippen molar-refractivity contribution >= 4 is 17.9 Å². The molecule has 1 N–H and O–H groups in total. The van der Waals surface area contributed by atoms with Gasteiger partial charge in [-0.25, -0.2) is 4.79 Å². The first-order valence-electron chi connectivity index (χ1n) is 11.8. The molecule has 3 aliphatic carbocycles. The van der Waals surface area contributed by atoms with Gasteiger partial charge in [-0.05, 0) is 36.0 Å². The average molecular weight is 465 g/mol. The van der Waals surface area contributed by atoms with Crippen molar-refractivity contribution in [2.75, 3.05) is 7.11 Å². The Morgan fingerprint density at radius 2 is 1.79 bits per heavy atom. The first kappa shape index (κ1) is 24.2. The summed E-state index contributed by atoms with van der Waals surface area (Å²) in [6.45, 7) is 10.9. The van der Waals surface area contributed by atoms with E-state index in [0.717, 1.165) is 5.57 Å². The Bertz CT molecular complexity index is 893. The number of aliphatic hydroxyl groups is 1. The third kappa shape index (κ3) is 3.43. The second-order valence-electron chi connectivity index (χ2n) is 11.2. The van der Waals surface area contributed by atoms with Gasteiger partial charge in [0.05, 0.1) is 6.10 Å². The van der Waals surface area contributed by atoms with E-state index < -0.39 is 35.3 Å². The standard InChI is InChI=1S/C25H36O8/c1-12-15-10-18(28)33-25(15,30-7)11-16-19(12)20(29)21(32-14(3)27)22-23(4,5)17(31-13(2)26)8-9-24(16,22)6/h10,12,16-17,19-22,29H,8-9,11H2,1-7H3/t12-,16-,17-,19+,20+,21+,22-,24-,25+/m1/s1. The lowest BCUT2D eigenvalue weighted by atomic mass is 9.41. The summed E-state index contributed by atoms with van der Waals surface area (Å²) in [5.74, 6) is -3.21. The van der Waals surface area contributed by atoms with Gasteiger partial charge in [0, 0.05) is 50.4 Å². The molecular weight excluding hydrogens is 428 g/mol. The molecule has 0 radical (unpaired) electrons. The summed E-state index contributed by atoms with van der Waals surface area (Å²) in [5.41, 5.74) is -0.229. The van der Waals surface area contributed by atoms with Crippen LogP contribution in [0.5, 0.6) is 0 Å². The number of methoxy groups -OCH3 is 1. The Kier molecular flexibility index (Phi) is 5.72. The van der Waals surface area contributed by atoms with Crippen molar-refractivity contribution in [1.82, 2.24) is 0 Å². The number of fused-ring (bicyclic) bond motifs is 4. The van der Waals surface area contributed by atoms with Crippen LogP contribution in [0.4, 0.5) is 0 Å². The molecule has 0 aromatic heterocycles. The fourth-order valence-corrected chi connectivity index (χ4v) is 7.95. The van der Waals surface area contributed by atoms with Gasteiger partial charge in [-0.15, -0.1) is 0 Å². The summed E-state index contributed by atoms with van der Waals surface area (Å²) >= 11 is 0. The molecule has 0 amide bonds. The van der Waals surface area contributed by atoms with Crippen molar-refractivity contribution in [3.63, 3.8) is 0 Å². The summed E-state index contributed by atoms with van der Waals surface area (Å²) in [4.78, 5) is 36.3. The zero-order valence-corrected chi connectivity index (χ0v) is 20.5. The van der Waals surface area contributed by atoms with Gasteiger partial charge in [0.15, 0.2) is 0 Å². The minimum Gasteiger partial charge on any atom is -0.462 e. The number of aliphatic hydroxyl groups excluding tert-OH is 1. The highest BCUT2D eigenvalue weighted by Crippen LogP contribution is 2.67. The first-order chi connectivity index (χ1) is 15.3.